The highest BCUT2D eigenvalue weighted by atomic mass is 16.5. The van der Waals surface area contributed by atoms with Gasteiger partial charge >= 0.3 is 12.0 Å². The molecule has 2 aromatic rings. The fourth-order valence-electron chi connectivity index (χ4n) is 5.56. The van der Waals surface area contributed by atoms with Crippen LogP contribution in [0.3, 0.4) is 0 Å². The number of rotatable bonds is 20. The smallest absolute Gasteiger partial charge is 0.312 e. The number of amides is 7. The number of primary amides is 1. The van der Waals surface area contributed by atoms with Crippen molar-refractivity contribution in [3.05, 3.63) is 59.7 Å². The van der Waals surface area contributed by atoms with Gasteiger partial charge in [0.25, 0.3) is 0 Å². The summed E-state index contributed by atoms with van der Waals surface area (Å²) in [7, 11) is 1.56. The summed E-state index contributed by atoms with van der Waals surface area (Å²) in [6, 6.07) is 9.21. The zero-order valence-electron chi connectivity index (χ0n) is 30.8. The monoisotopic (exact) mass is 738 g/mol. The van der Waals surface area contributed by atoms with Gasteiger partial charge in [0.2, 0.25) is 29.5 Å². The Hall–Kier alpha value is -5.51. The minimum Gasteiger partial charge on any atom is -0.491 e. The highest BCUT2D eigenvalue weighted by Crippen LogP contribution is 2.25. The van der Waals surface area contributed by atoms with Gasteiger partial charge in [-0.05, 0) is 54.2 Å². The third-order valence-electron chi connectivity index (χ3n) is 8.44. The van der Waals surface area contributed by atoms with E-state index in [1.54, 1.807) is 76.4 Å². The molecule has 3 rings (SSSR count). The summed E-state index contributed by atoms with van der Waals surface area (Å²) in [5, 5.41) is 10.7. The van der Waals surface area contributed by atoms with Gasteiger partial charge in [-0.25, -0.2) is 4.79 Å². The number of hydrogen-bond acceptors (Lipinski definition) is 10. The van der Waals surface area contributed by atoms with Crippen molar-refractivity contribution in [2.45, 2.75) is 78.1 Å². The van der Waals surface area contributed by atoms with Crippen LogP contribution in [0.5, 0.6) is 5.75 Å². The number of likely N-dealkylation sites (tertiary alicyclic amines) is 1. The fraction of sp³-hybridized carbons (Fsp3) is 0.486. The van der Waals surface area contributed by atoms with E-state index in [1.165, 1.54) is 6.92 Å². The van der Waals surface area contributed by atoms with Crippen molar-refractivity contribution in [2.75, 3.05) is 32.2 Å². The molecular weight excluding hydrogens is 688 g/mol. The maximum Gasteiger partial charge on any atom is 0.312 e. The molecule has 6 N–H and O–H groups in total. The lowest BCUT2D eigenvalue weighted by molar-refractivity contribution is -0.148. The first-order valence-electron chi connectivity index (χ1n) is 17.4. The molecule has 7 amide bonds. The first kappa shape index (κ1) is 41.9. The molecule has 16 heteroatoms. The molecule has 0 aliphatic carbocycles. The Morgan fingerprint density at radius 3 is 2.13 bits per heavy atom. The quantitative estimate of drug-likeness (QED) is 0.0752. The van der Waals surface area contributed by atoms with Crippen LogP contribution in [0.1, 0.15) is 58.1 Å². The molecule has 1 aliphatic rings. The molecule has 0 spiro atoms. The summed E-state index contributed by atoms with van der Waals surface area (Å²) in [5.41, 5.74) is 6.93. The lowest BCUT2D eigenvalue weighted by Crippen LogP contribution is -2.59. The normalized spacial score (nSPS) is 15.7. The average Bonchev–Trinajstić information content (AvgIpc) is 3.36. The summed E-state index contributed by atoms with van der Waals surface area (Å²) in [6.07, 6.45) is 0.318. The number of methoxy groups -OCH3 is 1. The maximum absolute atomic E-state index is 14.0. The second-order valence-electron chi connectivity index (χ2n) is 13.1. The lowest BCUT2D eigenvalue weighted by Gasteiger charge is -2.30. The molecule has 1 saturated heterocycles. The predicted molar refractivity (Wildman–Crippen MR) is 193 cm³/mol. The van der Waals surface area contributed by atoms with E-state index in [2.05, 4.69) is 21.3 Å². The van der Waals surface area contributed by atoms with Gasteiger partial charge < -0.3 is 41.2 Å². The minimum absolute atomic E-state index is 0.0155. The van der Waals surface area contributed by atoms with Crippen LogP contribution in [0.4, 0.5) is 10.5 Å². The predicted octanol–water partition coefficient (Wildman–Crippen LogP) is 1.79. The van der Waals surface area contributed by atoms with Crippen LogP contribution in [0.15, 0.2) is 48.5 Å². The molecule has 2 aromatic carbocycles. The number of esters is 1. The highest BCUT2D eigenvalue weighted by Gasteiger charge is 2.44. The van der Waals surface area contributed by atoms with Crippen LogP contribution in [0, 0.1) is 11.8 Å². The van der Waals surface area contributed by atoms with Gasteiger partial charge in [0.05, 0.1) is 6.61 Å². The van der Waals surface area contributed by atoms with Crippen molar-refractivity contribution in [3.63, 3.8) is 0 Å². The Labute approximate surface area is 308 Å². The van der Waals surface area contributed by atoms with Crippen LogP contribution >= 0.6 is 0 Å². The minimum atomic E-state index is -1.25. The third-order valence-corrected chi connectivity index (χ3v) is 8.44. The molecule has 0 radical (unpaired) electrons. The molecule has 16 nitrogen and oxygen atoms in total. The van der Waals surface area contributed by atoms with Gasteiger partial charge in [-0.1, -0.05) is 45.0 Å². The number of ether oxygens (including phenoxy) is 3. The Morgan fingerprint density at radius 2 is 1.57 bits per heavy atom. The van der Waals surface area contributed by atoms with Crippen LogP contribution in [0.25, 0.3) is 0 Å². The van der Waals surface area contributed by atoms with Crippen molar-refractivity contribution in [1.29, 1.82) is 0 Å². The zero-order chi connectivity index (χ0) is 39.1. The first-order chi connectivity index (χ1) is 25.2. The molecule has 4 atom stereocenters. The second-order valence-corrected chi connectivity index (χ2v) is 13.1. The molecule has 0 aromatic heterocycles. The van der Waals surface area contributed by atoms with Crippen LogP contribution in [-0.4, -0.2) is 91.4 Å². The van der Waals surface area contributed by atoms with Crippen LogP contribution < -0.4 is 31.7 Å². The number of carbonyl (C=O) groups excluding carboxylic acids is 7. The summed E-state index contributed by atoms with van der Waals surface area (Å²) < 4.78 is 15.6. The number of urea groups is 1. The van der Waals surface area contributed by atoms with Gasteiger partial charge in [0.15, 0.2) is 0 Å². The van der Waals surface area contributed by atoms with Gasteiger partial charge in [0.1, 0.15) is 37.1 Å². The zero-order valence-corrected chi connectivity index (χ0v) is 30.8. The van der Waals surface area contributed by atoms with Crippen molar-refractivity contribution in [2.24, 2.45) is 17.6 Å². The van der Waals surface area contributed by atoms with E-state index in [-0.39, 0.29) is 38.8 Å². The number of imide groups is 1. The van der Waals surface area contributed by atoms with E-state index in [9.17, 15) is 33.6 Å². The van der Waals surface area contributed by atoms with Crippen molar-refractivity contribution in [3.8, 4) is 5.75 Å². The number of nitrogens with two attached hydrogens (primary N) is 1. The Kier molecular flexibility index (Phi) is 16.2. The van der Waals surface area contributed by atoms with Crippen molar-refractivity contribution >= 4 is 47.2 Å². The first-order valence-corrected chi connectivity index (χ1v) is 17.4. The number of benzene rings is 2. The molecule has 0 saturated carbocycles. The van der Waals surface area contributed by atoms with Gasteiger partial charge in [-0.2, -0.15) is 0 Å². The SMILES string of the molecule is COCCOc1ccc(C[C@@H](C(=O)N[C@H](C(=O)N[C@@H](CCCNC(N)=O)C(=O)Nc2ccc(COC(C)=O)cc2)C(C)C)N2C(=O)CC(C)C2=O)cc1. The Bertz CT molecular complexity index is 1600. The summed E-state index contributed by atoms with van der Waals surface area (Å²) in [4.78, 5) is 90.8. The standard InChI is InChI=1S/C37H50N6O10/c1-22(2)32(35(48)41-29(7-6-16-39-37(38)50)33(46)40-27-12-8-26(9-13-27)21-53-24(4)44)42-34(47)30(43-31(45)19-23(3)36(43)49)20-25-10-14-28(15-11-25)52-18-17-51-5/h8-15,22-23,29-30,32H,6-7,16-21H2,1-5H3,(H,40,46)(H,41,48)(H,42,47)(H3,38,39,50)/t23?,29-,30-,32-/m0/s1. The number of hydrogen-bond donors (Lipinski definition) is 5. The fourth-order valence-corrected chi connectivity index (χ4v) is 5.56. The van der Waals surface area contributed by atoms with Gasteiger partial charge in [0, 0.05) is 45.0 Å². The van der Waals surface area contributed by atoms with E-state index in [4.69, 9.17) is 19.9 Å². The average molecular weight is 739 g/mol. The van der Waals surface area contributed by atoms with E-state index in [0.29, 0.717) is 35.8 Å². The molecule has 53 heavy (non-hydrogen) atoms. The molecule has 1 heterocycles. The van der Waals surface area contributed by atoms with Crippen molar-refractivity contribution in [1.82, 2.24) is 20.9 Å². The summed E-state index contributed by atoms with van der Waals surface area (Å²) in [5.74, 6) is -3.86. The van der Waals surface area contributed by atoms with Crippen molar-refractivity contribution < 1.29 is 47.8 Å². The highest BCUT2D eigenvalue weighted by molar-refractivity contribution is 6.07. The lowest BCUT2D eigenvalue weighted by atomic mass is 9.99. The largest absolute Gasteiger partial charge is 0.491 e. The topological polar surface area (TPSA) is 225 Å². The molecule has 0 bridgehead atoms. The summed E-state index contributed by atoms with van der Waals surface area (Å²) in [6.45, 7) is 7.28. The molecule has 1 aliphatic heterocycles. The van der Waals surface area contributed by atoms with Gasteiger partial charge in [-0.3, -0.25) is 33.7 Å². The third kappa shape index (κ3) is 13.2. The van der Waals surface area contributed by atoms with E-state index in [1.807, 2.05) is 0 Å². The molecular formula is C37H50N6O10. The molecule has 1 fully saturated rings. The molecule has 1 unspecified atom stereocenters. The number of anilines is 1. The van der Waals surface area contributed by atoms with Crippen LogP contribution in [0.2, 0.25) is 0 Å². The van der Waals surface area contributed by atoms with E-state index in [0.717, 1.165) is 4.90 Å². The van der Waals surface area contributed by atoms with E-state index < -0.39 is 71.5 Å². The maximum atomic E-state index is 14.0. The molecule has 288 valence electrons. The number of carbonyl (C=O) groups is 7. The van der Waals surface area contributed by atoms with Crippen LogP contribution in [-0.2, 0) is 51.3 Å². The Morgan fingerprint density at radius 1 is 0.906 bits per heavy atom. The summed E-state index contributed by atoms with van der Waals surface area (Å²) >= 11 is 0. The van der Waals surface area contributed by atoms with Gasteiger partial charge in [-0.15, -0.1) is 0 Å². The second kappa shape index (κ2) is 20.5. The van der Waals surface area contributed by atoms with E-state index >= 15 is 0 Å². The number of nitrogens with one attached hydrogen (secondary N) is 4. The number of nitrogens with zero attached hydrogens (tertiary/aromatic N) is 1. The Balaban J connectivity index is 1.79.